The summed E-state index contributed by atoms with van der Waals surface area (Å²) in [4.78, 5) is 26.5. The maximum absolute atomic E-state index is 12.5. The summed E-state index contributed by atoms with van der Waals surface area (Å²) in [6.07, 6.45) is 1.74. The van der Waals surface area contributed by atoms with Crippen LogP contribution in [0.15, 0.2) is 34.9 Å². The van der Waals surface area contributed by atoms with Crippen LogP contribution < -0.4 is 10.1 Å². The lowest BCUT2D eigenvalue weighted by Gasteiger charge is -2.32. The van der Waals surface area contributed by atoms with E-state index in [2.05, 4.69) is 10.5 Å². The van der Waals surface area contributed by atoms with E-state index in [1.807, 2.05) is 31.2 Å². The van der Waals surface area contributed by atoms with Crippen LogP contribution >= 0.6 is 0 Å². The number of rotatable bonds is 7. The lowest BCUT2D eigenvalue weighted by atomic mass is 9.96. The van der Waals surface area contributed by atoms with Crippen LogP contribution in [-0.4, -0.2) is 42.1 Å². The van der Waals surface area contributed by atoms with Crippen molar-refractivity contribution >= 4 is 11.8 Å². The highest BCUT2D eigenvalue weighted by atomic mass is 16.5. The summed E-state index contributed by atoms with van der Waals surface area (Å²) < 4.78 is 10.2. The Bertz CT molecular complexity index is 785. The Kier molecular flexibility index (Phi) is 6.11. The number of nitrogens with zero attached hydrogens (tertiary/aromatic N) is 2. The van der Waals surface area contributed by atoms with Crippen LogP contribution in [0.25, 0.3) is 0 Å². The zero-order chi connectivity index (χ0) is 19.2. The topological polar surface area (TPSA) is 84.7 Å². The quantitative estimate of drug-likeness (QED) is 0.806. The highest BCUT2D eigenvalue weighted by Gasteiger charge is 2.29. The Balaban J connectivity index is 1.50. The number of hydrogen-bond donors (Lipinski definition) is 1. The van der Waals surface area contributed by atoms with Crippen molar-refractivity contribution < 1.29 is 18.8 Å². The van der Waals surface area contributed by atoms with Crippen LogP contribution in [0.4, 0.5) is 0 Å². The number of aromatic nitrogens is 1. The fourth-order valence-electron chi connectivity index (χ4n) is 3.22. The minimum absolute atomic E-state index is 0.0439. The first-order valence-electron chi connectivity index (χ1n) is 9.16. The second-order valence-corrected chi connectivity index (χ2v) is 6.82. The molecule has 7 heteroatoms. The predicted octanol–water partition coefficient (Wildman–Crippen LogP) is 2.09. The number of amides is 2. The van der Waals surface area contributed by atoms with E-state index < -0.39 is 0 Å². The lowest BCUT2D eigenvalue weighted by Crippen LogP contribution is -2.46. The molecule has 2 heterocycles. The monoisotopic (exact) mass is 371 g/mol. The molecule has 0 radical (unpaired) electrons. The number of carbonyl (C=O) groups is 2. The van der Waals surface area contributed by atoms with Crippen molar-refractivity contribution in [3.05, 3.63) is 47.3 Å². The number of ether oxygens (including phenoxy) is 1. The first-order chi connectivity index (χ1) is 13.0. The molecule has 0 bridgehead atoms. The summed E-state index contributed by atoms with van der Waals surface area (Å²) in [7, 11) is 1.64. The maximum Gasteiger partial charge on any atom is 0.225 e. The van der Waals surface area contributed by atoms with E-state index in [0.29, 0.717) is 43.9 Å². The molecule has 7 nitrogen and oxygen atoms in total. The van der Waals surface area contributed by atoms with Gasteiger partial charge in [-0.25, -0.2) is 0 Å². The average molecular weight is 371 g/mol. The summed E-state index contributed by atoms with van der Waals surface area (Å²) in [5, 5.41) is 6.76. The molecule has 1 aliphatic heterocycles. The third-order valence-electron chi connectivity index (χ3n) is 4.82. The van der Waals surface area contributed by atoms with E-state index in [0.717, 1.165) is 17.7 Å². The number of methoxy groups -OCH3 is 1. The molecular formula is C20H25N3O4. The van der Waals surface area contributed by atoms with E-state index in [1.165, 1.54) is 0 Å². The molecule has 1 atom stereocenters. The molecule has 144 valence electrons. The summed E-state index contributed by atoms with van der Waals surface area (Å²) in [6.45, 7) is 3.22. The van der Waals surface area contributed by atoms with Gasteiger partial charge in [-0.1, -0.05) is 17.3 Å². The number of hydrogen-bond acceptors (Lipinski definition) is 5. The SMILES string of the molecule is COc1ccc(CCN2C[C@H](C(=O)NCc3cc(C)on3)CCC2=O)cc1. The van der Waals surface area contributed by atoms with Crippen LogP contribution in [-0.2, 0) is 22.6 Å². The Morgan fingerprint density at radius 1 is 1.37 bits per heavy atom. The van der Waals surface area contributed by atoms with Gasteiger partial charge in [0.25, 0.3) is 0 Å². The van der Waals surface area contributed by atoms with Crippen LogP contribution in [0.3, 0.4) is 0 Å². The van der Waals surface area contributed by atoms with E-state index >= 15 is 0 Å². The van der Waals surface area contributed by atoms with Gasteiger partial charge in [-0.3, -0.25) is 9.59 Å². The first kappa shape index (κ1) is 18.9. The summed E-state index contributed by atoms with van der Waals surface area (Å²) in [6, 6.07) is 9.62. The predicted molar refractivity (Wildman–Crippen MR) is 99.1 cm³/mol. The molecule has 0 spiro atoms. The third-order valence-corrected chi connectivity index (χ3v) is 4.82. The summed E-state index contributed by atoms with van der Waals surface area (Å²) in [5.74, 6) is 1.41. The van der Waals surface area contributed by atoms with Crippen LogP contribution in [0.1, 0.15) is 29.9 Å². The van der Waals surface area contributed by atoms with Crippen LogP contribution in [0.5, 0.6) is 5.75 Å². The molecule has 1 fully saturated rings. The van der Waals surface area contributed by atoms with Gasteiger partial charge in [-0.05, 0) is 37.5 Å². The highest BCUT2D eigenvalue weighted by Crippen LogP contribution is 2.19. The van der Waals surface area contributed by atoms with E-state index in [-0.39, 0.29) is 17.7 Å². The molecule has 1 N–H and O–H groups in total. The number of piperidine rings is 1. The number of carbonyl (C=O) groups excluding carboxylic acids is 2. The van der Waals surface area contributed by atoms with Gasteiger partial charge in [0.05, 0.1) is 19.6 Å². The second kappa shape index (κ2) is 8.70. The maximum atomic E-state index is 12.5. The molecule has 1 aliphatic rings. The smallest absolute Gasteiger partial charge is 0.225 e. The first-order valence-corrected chi connectivity index (χ1v) is 9.16. The van der Waals surface area contributed by atoms with E-state index in [4.69, 9.17) is 9.26 Å². The average Bonchev–Trinajstić information content (AvgIpc) is 3.11. The molecule has 1 saturated heterocycles. The van der Waals surface area contributed by atoms with Crippen molar-refractivity contribution in [1.82, 2.24) is 15.4 Å². The van der Waals surface area contributed by atoms with Crippen molar-refractivity contribution in [2.45, 2.75) is 32.7 Å². The molecule has 27 heavy (non-hydrogen) atoms. The highest BCUT2D eigenvalue weighted by molar-refractivity contribution is 5.83. The Morgan fingerprint density at radius 2 is 2.15 bits per heavy atom. The van der Waals surface area contributed by atoms with Gasteiger partial charge in [0, 0.05) is 25.6 Å². The molecule has 2 aromatic rings. The van der Waals surface area contributed by atoms with Crippen molar-refractivity contribution in [3.8, 4) is 5.75 Å². The Morgan fingerprint density at radius 3 is 2.81 bits per heavy atom. The number of likely N-dealkylation sites (tertiary alicyclic amines) is 1. The third kappa shape index (κ3) is 5.09. The minimum atomic E-state index is -0.188. The molecular weight excluding hydrogens is 346 g/mol. The fraction of sp³-hybridized carbons (Fsp3) is 0.450. The minimum Gasteiger partial charge on any atom is -0.497 e. The lowest BCUT2D eigenvalue weighted by molar-refractivity contribution is -0.138. The van der Waals surface area contributed by atoms with E-state index in [9.17, 15) is 9.59 Å². The number of benzene rings is 1. The zero-order valence-corrected chi connectivity index (χ0v) is 15.7. The van der Waals surface area contributed by atoms with Gasteiger partial charge >= 0.3 is 0 Å². The van der Waals surface area contributed by atoms with Gasteiger partial charge in [0.15, 0.2) is 0 Å². The van der Waals surface area contributed by atoms with Gasteiger partial charge in [0.1, 0.15) is 17.2 Å². The second-order valence-electron chi connectivity index (χ2n) is 6.82. The van der Waals surface area contributed by atoms with Gasteiger partial charge in [-0.2, -0.15) is 0 Å². The zero-order valence-electron chi connectivity index (χ0n) is 15.7. The van der Waals surface area contributed by atoms with Crippen molar-refractivity contribution in [3.63, 3.8) is 0 Å². The van der Waals surface area contributed by atoms with Gasteiger partial charge in [-0.15, -0.1) is 0 Å². The summed E-state index contributed by atoms with van der Waals surface area (Å²) in [5.41, 5.74) is 1.83. The summed E-state index contributed by atoms with van der Waals surface area (Å²) >= 11 is 0. The molecule has 0 saturated carbocycles. The van der Waals surface area contributed by atoms with Crippen LogP contribution in [0, 0.1) is 12.8 Å². The van der Waals surface area contributed by atoms with Gasteiger partial charge in [0.2, 0.25) is 11.8 Å². The normalized spacial score (nSPS) is 17.0. The standard InChI is InChI=1S/C20H25N3O4/c1-14-11-17(22-27-14)12-21-20(25)16-5-8-19(24)23(13-16)10-9-15-3-6-18(26-2)7-4-15/h3-4,6-7,11,16H,5,8-10,12-13H2,1-2H3,(H,21,25)/t16-/m1/s1. The van der Waals surface area contributed by atoms with Crippen molar-refractivity contribution in [2.75, 3.05) is 20.2 Å². The molecule has 2 amide bonds. The Labute approximate surface area is 158 Å². The molecule has 3 rings (SSSR count). The largest absolute Gasteiger partial charge is 0.497 e. The number of aryl methyl sites for hydroxylation is 1. The molecule has 0 aliphatic carbocycles. The van der Waals surface area contributed by atoms with Crippen molar-refractivity contribution in [1.29, 1.82) is 0 Å². The number of nitrogens with one attached hydrogen (secondary N) is 1. The molecule has 1 aromatic heterocycles. The fourth-order valence-corrected chi connectivity index (χ4v) is 3.22. The molecule has 1 aromatic carbocycles. The van der Waals surface area contributed by atoms with Crippen LogP contribution in [0.2, 0.25) is 0 Å². The van der Waals surface area contributed by atoms with Gasteiger partial charge < -0.3 is 19.5 Å². The van der Waals surface area contributed by atoms with E-state index in [1.54, 1.807) is 18.1 Å². The van der Waals surface area contributed by atoms with Crippen molar-refractivity contribution in [2.24, 2.45) is 5.92 Å². The molecule has 0 unspecified atom stereocenters. The Hall–Kier alpha value is -2.83.